The van der Waals surface area contributed by atoms with Gasteiger partial charge in [0.25, 0.3) is 5.72 Å². The first-order valence-corrected chi connectivity index (χ1v) is 11.1. The fourth-order valence-corrected chi connectivity index (χ4v) is 2.78. The van der Waals surface area contributed by atoms with Crippen LogP contribution in [0.3, 0.4) is 0 Å². The molecule has 0 spiro atoms. The van der Waals surface area contributed by atoms with Crippen LogP contribution in [0.1, 0.15) is 61.0 Å². The number of rotatable bonds is 8. The summed E-state index contributed by atoms with van der Waals surface area (Å²) in [6.07, 6.45) is -3.78. The van der Waals surface area contributed by atoms with E-state index in [1.165, 1.54) is 18.2 Å². The molecule has 0 amide bonds. The van der Waals surface area contributed by atoms with E-state index in [2.05, 4.69) is 10.1 Å². The molecule has 0 aliphatic heterocycles. The van der Waals surface area contributed by atoms with Gasteiger partial charge in [-0.3, -0.25) is 5.32 Å². The third kappa shape index (κ3) is 10.4. The molecule has 1 aromatic rings. The summed E-state index contributed by atoms with van der Waals surface area (Å²) in [6, 6.07) is 3.52. The first-order valence-electron chi connectivity index (χ1n) is 11.1. The summed E-state index contributed by atoms with van der Waals surface area (Å²) in [6.45, 7) is 13.1. The molecule has 0 aliphatic carbocycles. The van der Waals surface area contributed by atoms with Gasteiger partial charge in [-0.2, -0.15) is 0 Å². The van der Waals surface area contributed by atoms with Crippen molar-refractivity contribution in [1.29, 1.82) is 0 Å². The van der Waals surface area contributed by atoms with Crippen LogP contribution in [-0.2, 0) is 30.2 Å². The quantitative estimate of drug-likeness (QED) is 0.219. The van der Waals surface area contributed by atoms with Crippen molar-refractivity contribution in [3.8, 4) is 11.5 Å². The summed E-state index contributed by atoms with van der Waals surface area (Å²) in [5, 5.41) is 12.6. The summed E-state index contributed by atoms with van der Waals surface area (Å²) >= 11 is 0. The highest BCUT2D eigenvalue weighted by atomic mass is 16.8. The maximum absolute atomic E-state index is 12.3. The zero-order valence-corrected chi connectivity index (χ0v) is 22.0. The van der Waals surface area contributed by atoms with Gasteiger partial charge in [-0.15, -0.1) is 0 Å². The summed E-state index contributed by atoms with van der Waals surface area (Å²) in [5.74, 6) is -1.94. The molecule has 1 aromatic carbocycles. The molecule has 36 heavy (non-hydrogen) atoms. The molecule has 12 heteroatoms. The number of carboxylic acids is 1. The van der Waals surface area contributed by atoms with Crippen molar-refractivity contribution in [2.45, 2.75) is 84.8 Å². The number of carbonyl (C=O) groups excluding carboxylic acids is 3. The van der Waals surface area contributed by atoms with E-state index in [0.29, 0.717) is 0 Å². The van der Waals surface area contributed by atoms with Gasteiger partial charge in [-0.05, 0) is 73.1 Å². The number of benzene rings is 1. The first kappa shape index (κ1) is 30.5. The maximum atomic E-state index is 12.3. The molecule has 0 aliphatic rings. The fourth-order valence-electron chi connectivity index (χ4n) is 2.78. The highest BCUT2D eigenvalue weighted by Gasteiger charge is 2.44. The average molecular weight is 514 g/mol. The molecule has 0 heterocycles. The van der Waals surface area contributed by atoms with Gasteiger partial charge in [0.05, 0.1) is 7.11 Å². The van der Waals surface area contributed by atoms with Gasteiger partial charge in [0.2, 0.25) is 0 Å². The number of ether oxygens (including phenoxy) is 6. The molecule has 12 nitrogen and oxygen atoms in total. The molecule has 1 atom stereocenters. The van der Waals surface area contributed by atoms with Gasteiger partial charge in [-0.25, -0.2) is 19.2 Å². The van der Waals surface area contributed by atoms with Gasteiger partial charge in [0.1, 0.15) is 11.2 Å². The lowest BCUT2D eigenvalue weighted by molar-refractivity contribution is -0.166. The summed E-state index contributed by atoms with van der Waals surface area (Å²) in [7, 11) is 1.04. The smallest absolute Gasteiger partial charge is 0.477 e. The number of carboxylic acid groups (broad SMARTS) is 1. The van der Waals surface area contributed by atoms with Crippen molar-refractivity contribution in [3.63, 3.8) is 0 Å². The predicted molar refractivity (Wildman–Crippen MR) is 126 cm³/mol. The van der Waals surface area contributed by atoms with E-state index >= 15 is 0 Å². The van der Waals surface area contributed by atoms with Gasteiger partial charge in [0.15, 0.2) is 11.5 Å². The Bertz CT molecular complexity index is 960. The van der Waals surface area contributed by atoms with E-state index in [-0.39, 0.29) is 17.1 Å². The second-order valence-electron chi connectivity index (χ2n) is 10.1. The molecule has 0 unspecified atom stereocenters. The highest BCUT2D eigenvalue weighted by Crippen LogP contribution is 2.32. The van der Waals surface area contributed by atoms with E-state index < -0.39 is 53.8 Å². The Morgan fingerprint density at radius 3 is 1.75 bits per heavy atom. The number of methoxy groups -OCH3 is 1. The Morgan fingerprint density at radius 1 is 0.833 bits per heavy atom. The number of hydrogen-bond donors (Lipinski definition) is 2. The number of aliphatic carboxylic acids is 1. The normalized spacial score (nSPS) is 13.3. The van der Waals surface area contributed by atoms with Crippen LogP contribution < -0.4 is 14.8 Å². The standard InChI is InChI=1S/C24H35NO11/c1-14(2)25-24(18(26)27,36-19(28)31-9)13-15-10-11-16(32-20(29)34-22(3,4)5)17(12-15)33-21(30)35-23(6,7)8/h10-12,14,25H,13H2,1-9H3,(H,26,27)/t24-/m0/s1. The van der Waals surface area contributed by atoms with Crippen LogP contribution in [0, 0.1) is 0 Å². The van der Waals surface area contributed by atoms with Gasteiger partial charge < -0.3 is 33.5 Å². The monoisotopic (exact) mass is 513 g/mol. The number of carbonyl (C=O) groups is 4. The Balaban J connectivity index is 3.45. The minimum atomic E-state index is -2.22. The van der Waals surface area contributed by atoms with E-state index in [0.717, 1.165) is 7.11 Å². The van der Waals surface area contributed by atoms with Crippen LogP contribution in [0.25, 0.3) is 0 Å². The second-order valence-corrected chi connectivity index (χ2v) is 10.1. The Kier molecular flexibility index (Phi) is 10.1. The molecule has 0 bridgehead atoms. The first-order chi connectivity index (χ1) is 16.4. The van der Waals surface area contributed by atoms with Crippen LogP contribution >= 0.6 is 0 Å². The summed E-state index contributed by atoms with van der Waals surface area (Å²) < 4.78 is 30.3. The van der Waals surface area contributed by atoms with Crippen LogP contribution in [0.2, 0.25) is 0 Å². The van der Waals surface area contributed by atoms with Crippen molar-refractivity contribution in [2.75, 3.05) is 7.11 Å². The summed E-state index contributed by atoms with van der Waals surface area (Å²) in [5.41, 5.74) is -3.71. The van der Waals surface area contributed by atoms with E-state index in [4.69, 9.17) is 23.7 Å². The van der Waals surface area contributed by atoms with Crippen molar-refractivity contribution in [2.24, 2.45) is 0 Å². The molecular formula is C24H35NO11. The van der Waals surface area contributed by atoms with Crippen LogP contribution in [0.15, 0.2) is 18.2 Å². The van der Waals surface area contributed by atoms with Gasteiger partial charge >= 0.3 is 24.4 Å². The third-order valence-corrected chi connectivity index (χ3v) is 3.92. The largest absolute Gasteiger partial charge is 0.514 e. The van der Waals surface area contributed by atoms with Crippen LogP contribution in [-0.4, -0.2) is 59.6 Å². The molecule has 0 aromatic heterocycles. The molecule has 0 fully saturated rings. The van der Waals surface area contributed by atoms with Gasteiger partial charge in [0, 0.05) is 12.5 Å². The number of nitrogens with one attached hydrogen (secondary N) is 1. The lowest BCUT2D eigenvalue weighted by Gasteiger charge is -2.31. The zero-order chi connectivity index (χ0) is 27.9. The average Bonchev–Trinajstić information content (AvgIpc) is 2.66. The summed E-state index contributed by atoms with van der Waals surface area (Å²) in [4.78, 5) is 48.5. The minimum absolute atomic E-state index is 0.189. The predicted octanol–water partition coefficient (Wildman–Crippen LogP) is 4.42. The SMILES string of the molecule is COC(=O)O[C@](Cc1ccc(OC(=O)OC(C)(C)C)c(OC(=O)OC(C)(C)C)c1)(NC(C)C)C(=O)O. The third-order valence-electron chi connectivity index (χ3n) is 3.92. The Labute approximate surface area is 210 Å². The molecular weight excluding hydrogens is 478 g/mol. The molecule has 0 radical (unpaired) electrons. The Morgan fingerprint density at radius 2 is 1.33 bits per heavy atom. The zero-order valence-electron chi connectivity index (χ0n) is 22.0. The van der Waals surface area contributed by atoms with Crippen molar-refractivity contribution < 1.29 is 52.7 Å². The maximum Gasteiger partial charge on any atom is 0.514 e. The fraction of sp³-hybridized carbons (Fsp3) is 0.583. The lowest BCUT2D eigenvalue weighted by Crippen LogP contribution is -2.59. The van der Waals surface area contributed by atoms with Crippen LogP contribution in [0.5, 0.6) is 11.5 Å². The van der Waals surface area contributed by atoms with Crippen molar-refractivity contribution in [3.05, 3.63) is 23.8 Å². The van der Waals surface area contributed by atoms with E-state index in [1.807, 2.05) is 0 Å². The minimum Gasteiger partial charge on any atom is -0.477 e. The van der Waals surface area contributed by atoms with E-state index in [9.17, 15) is 24.3 Å². The second kappa shape index (κ2) is 11.9. The van der Waals surface area contributed by atoms with Crippen molar-refractivity contribution >= 4 is 24.4 Å². The highest BCUT2D eigenvalue weighted by molar-refractivity contribution is 5.80. The van der Waals surface area contributed by atoms with Gasteiger partial charge in [-0.1, -0.05) is 6.07 Å². The lowest BCUT2D eigenvalue weighted by atomic mass is 10.0. The Hall–Kier alpha value is -3.54. The molecule has 0 saturated heterocycles. The van der Waals surface area contributed by atoms with Crippen LogP contribution in [0.4, 0.5) is 14.4 Å². The van der Waals surface area contributed by atoms with E-state index in [1.54, 1.807) is 55.4 Å². The number of hydrogen-bond acceptors (Lipinski definition) is 11. The molecule has 2 N–H and O–H groups in total. The molecule has 0 saturated carbocycles. The topological polar surface area (TPSA) is 156 Å². The molecule has 202 valence electrons. The van der Waals surface area contributed by atoms with Crippen molar-refractivity contribution in [1.82, 2.24) is 5.32 Å². The molecule has 1 rings (SSSR count).